The van der Waals surface area contributed by atoms with Gasteiger partial charge in [0.05, 0.1) is 0 Å². The molecule has 1 rings (SSSR count). The van der Waals surface area contributed by atoms with Crippen molar-refractivity contribution in [3.05, 3.63) is 29.6 Å². The molecule has 0 aliphatic heterocycles. The molecule has 0 aromatic carbocycles. The van der Waals surface area contributed by atoms with Crippen molar-refractivity contribution in [2.75, 3.05) is 0 Å². The van der Waals surface area contributed by atoms with E-state index < -0.39 is 0 Å². The van der Waals surface area contributed by atoms with Gasteiger partial charge in [-0.2, -0.15) is 0 Å². The Bertz CT molecular complexity index is 360. The molecule has 0 amide bonds. The first-order valence-electron chi connectivity index (χ1n) is 3.23. The van der Waals surface area contributed by atoms with Crippen LogP contribution in [0.3, 0.4) is 0 Å². The first-order chi connectivity index (χ1) is 5.86. The van der Waals surface area contributed by atoms with Gasteiger partial charge in [-0.05, 0) is 24.0 Å². The van der Waals surface area contributed by atoms with E-state index in [0.29, 0.717) is 23.8 Å². The van der Waals surface area contributed by atoms with E-state index in [-0.39, 0.29) is 0 Å². The first-order valence-corrected chi connectivity index (χ1v) is 3.23. The summed E-state index contributed by atoms with van der Waals surface area (Å²) in [6, 6.07) is 3.09. The van der Waals surface area contributed by atoms with Crippen LogP contribution in [0.1, 0.15) is 16.1 Å². The normalized spacial score (nSPS) is 8.00. The highest BCUT2D eigenvalue weighted by Gasteiger charge is 1.90. The maximum atomic E-state index is 10.3. The van der Waals surface area contributed by atoms with Gasteiger partial charge in [-0.25, -0.2) is 4.98 Å². The van der Waals surface area contributed by atoms with E-state index in [1.165, 1.54) is 12.3 Å². The standard InChI is InChI=1S/C9H5NO2/c11-5-1-2-9-6-8(7-12)3-4-10-9/h3-7H. The molecule has 0 aliphatic carbocycles. The average molecular weight is 159 g/mol. The number of aldehydes is 2. The Morgan fingerprint density at radius 1 is 1.42 bits per heavy atom. The third kappa shape index (κ3) is 2.03. The van der Waals surface area contributed by atoms with E-state index in [1.807, 2.05) is 0 Å². The lowest BCUT2D eigenvalue weighted by Gasteiger charge is -1.89. The number of nitrogens with zero attached hydrogens (tertiary/aromatic N) is 1. The van der Waals surface area contributed by atoms with Crippen molar-refractivity contribution in [2.45, 2.75) is 0 Å². The highest BCUT2D eigenvalue weighted by atomic mass is 16.1. The predicted octanol–water partition coefficient (Wildman–Crippen LogP) is 0.444. The second-order valence-corrected chi connectivity index (χ2v) is 1.98. The van der Waals surface area contributed by atoms with E-state index in [1.54, 1.807) is 6.07 Å². The smallest absolute Gasteiger partial charge is 0.193 e. The summed E-state index contributed by atoms with van der Waals surface area (Å²) < 4.78 is 0. The molecule has 1 aromatic heterocycles. The van der Waals surface area contributed by atoms with Crippen molar-refractivity contribution in [1.29, 1.82) is 0 Å². The highest BCUT2D eigenvalue weighted by molar-refractivity contribution is 5.76. The maximum Gasteiger partial charge on any atom is 0.193 e. The molecule has 1 heterocycles. The van der Waals surface area contributed by atoms with Crippen LogP contribution in [-0.2, 0) is 4.79 Å². The number of carbonyl (C=O) groups excluding carboxylic acids is 2. The van der Waals surface area contributed by atoms with E-state index in [0.717, 1.165) is 0 Å². The monoisotopic (exact) mass is 159 g/mol. The van der Waals surface area contributed by atoms with Gasteiger partial charge in [0.25, 0.3) is 0 Å². The first kappa shape index (κ1) is 8.15. The molecular formula is C9H5NO2. The molecule has 0 bridgehead atoms. The van der Waals surface area contributed by atoms with E-state index in [9.17, 15) is 9.59 Å². The Morgan fingerprint density at radius 3 is 2.92 bits per heavy atom. The van der Waals surface area contributed by atoms with Crippen molar-refractivity contribution in [3.63, 3.8) is 0 Å². The lowest BCUT2D eigenvalue weighted by Crippen LogP contribution is -1.85. The second kappa shape index (κ2) is 4.04. The van der Waals surface area contributed by atoms with Gasteiger partial charge in [0.1, 0.15) is 12.0 Å². The Hall–Kier alpha value is -1.95. The Kier molecular flexibility index (Phi) is 2.74. The van der Waals surface area contributed by atoms with Crippen LogP contribution in [0.25, 0.3) is 0 Å². The fourth-order valence-electron chi connectivity index (χ4n) is 0.692. The Morgan fingerprint density at radius 2 is 2.25 bits per heavy atom. The van der Waals surface area contributed by atoms with Crippen LogP contribution in [0, 0.1) is 11.8 Å². The molecule has 0 aliphatic rings. The van der Waals surface area contributed by atoms with Crippen LogP contribution < -0.4 is 0 Å². The van der Waals surface area contributed by atoms with Crippen LogP contribution in [-0.4, -0.2) is 17.6 Å². The molecule has 0 fully saturated rings. The molecule has 3 heteroatoms. The zero-order chi connectivity index (χ0) is 8.81. The van der Waals surface area contributed by atoms with Crippen LogP contribution in [0.5, 0.6) is 0 Å². The molecule has 58 valence electrons. The fraction of sp³-hybridized carbons (Fsp3) is 0. The van der Waals surface area contributed by atoms with Gasteiger partial charge in [0.2, 0.25) is 0 Å². The lowest BCUT2D eigenvalue weighted by atomic mass is 10.2. The van der Waals surface area contributed by atoms with E-state index in [2.05, 4.69) is 16.8 Å². The van der Waals surface area contributed by atoms with Crippen LogP contribution in [0.4, 0.5) is 0 Å². The van der Waals surface area contributed by atoms with Gasteiger partial charge in [0, 0.05) is 11.8 Å². The maximum absolute atomic E-state index is 10.3. The number of aromatic nitrogens is 1. The Balaban J connectivity index is 3.01. The minimum Gasteiger partial charge on any atom is -0.298 e. The predicted molar refractivity (Wildman–Crippen MR) is 42.6 cm³/mol. The highest BCUT2D eigenvalue weighted by Crippen LogP contribution is 1.96. The van der Waals surface area contributed by atoms with Crippen molar-refractivity contribution < 1.29 is 9.59 Å². The number of hydrogen-bond donors (Lipinski definition) is 0. The summed E-state index contributed by atoms with van der Waals surface area (Å²) in [6.45, 7) is 0. The molecule has 1 aromatic rings. The lowest BCUT2D eigenvalue weighted by molar-refractivity contribution is -0.103. The van der Waals surface area contributed by atoms with Crippen molar-refractivity contribution in [2.24, 2.45) is 0 Å². The molecule has 12 heavy (non-hydrogen) atoms. The molecule has 0 spiro atoms. The van der Waals surface area contributed by atoms with Gasteiger partial charge in [-0.1, -0.05) is 0 Å². The fourth-order valence-corrected chi connectivity index (χ4v) is 0.692. The van der Waals surface area contributed by atoms with Crippen LogP contribution in [0.15, 0.2) is 18.3 Å². The quantitative estimate of drug-likeness (QED) is 0.441. The summed E-state index contributed by atoms with van der Waals surface area (Å²) in [4.78, 5) is 24.0. The van der Waals surface area contributed by atoms with Gasteiger partial charge in [-0.3, -0.25) is 9.59 Å². The van der Waals surface area contributed by atoms with Crippen molar-refractivity contribution in [1.82, 2.24) is 4.98 Å². The number of hydrogen-bond acceptors (Lipinski definition) is 3. The number of carbonyl (C=O) groups is 2. The second-order valence-electron chi connectivity index (χ2n) is 1.98. The van der Waals surface area contributed by atoms with Crippen LogP contribution >= 0.6 is 0 Å². The average Bonchev–Trinajstić information content (AvgIpc) is 2.15. The summed E-state index contributed by atoms with van der Waals surface area (Å²) in [6.07, 6.45) is 2.65. The largest absolute Gasteiger partial charge is 0.298 e. The zero-order valence-corrected chi connectivity index (χ0v) is 6.15. The van der Waals surface area contributed by atoms with Crippen LogP contribution in [0.2, 0.25) is 0 Å². The zero-order valence-electron chi connectivity index (χ0n) is 6.15. The van der Waals surface area contributed by atoms with Crippen molar-refractivity contribution in [3.8, 4) is 11.8 Å². The summed E-state index contributed by atoms with van der Waals surface area (Å²) in [7, 11) is 0. The molecule has 0 unspecified atom stereocenters. The molecule has 0 radical (unpaired) electrons. The SMILES string of the molecule is O=CC#Cc1cc(C=O)ccn1. The Labute approximate surface area is 69.4 Å². The molecule has 0 saturated heterocycles. The topological polar surface area (TPSA) is 47.0 Å². The van der Waals surface area contributed by atoms with Crippen molar-refractivity contribution >= 4 is 12.6 Å². The molecular weight excluding hydrogens is 154 g/mol. The number of rotatable bonds is 1. The summed E-state index contributed by atoms with van der Waals surface area (Å²) in [5, 5.41) is 0. The van der Waals surface area contributed by atoms with Gasteiger partial charge >= 0.3 is 0 Å². The van der Waals surface area contributed by atoms with Gasteiger partial charge in [0.15, 0.2) is 6.29 Å². The minimum atomic E-state index is 0.423. The molecule has 3 nitrogen and oxygen atoms in total. The number of pyridine rings is 1. The van der Waals surface area contributed by atoms with E-state index in [4.69, 9.17) is 0 Å². The molecule has 0 atom stereocenters. The summed E-state index contributed by atoms with van der Waals surface area (Å²) >= 11 is 0. The van der Waals surface area contributed by atoms with E-state index >= 15 is 0 Å². The molecule has 0 saturated carbocycles. The molecule has 0 N–H and O–H groups in total. The third-order valence-electron chi connectivity index (χ3n) is 1.18. The summed E-state index contributed by atoms with van der Waals surface area (Å²) in [5.41, 5.74) is 0.923. The third-order valence-corrected chi connectivity index (χ3v) is 1.18. The van der Waals surface area contributed by atoms with Gasteiger partial charge in [-0.15, -0.1) is 0 Å². The van der Waals surface area contributed by atoms with Gasteiger partial charge < -0.3 is 0 Å². The summed E-state index contributed by atoms with van der Waals surface area (Å²) in [5.74, 6) is 4.69. The minimum absolute atomic E-state index is 0.423.